The lowest BCUT2D eigenvalue weighted by Crippen LogP contribution is -2.29. The van der Waals surface area contributed by atoms with Gasteiger partial charge < -0.3 is 5.32 Å². The van der Waals surface area contributed by atoms with E-state index in [2.05, 4.69) is 15.6 Å². The number of aryl methyl sites for hydroxylation is 4. The van der Waals surface area contributed by atoms with Gasteiger partial charge >= 0.3 is 11.8 Å². The highest BCUT2D eigenvalue weighted by molar-refractivity contribution is 7.15. The van der Waals surface area contributed by atoms with Crippen LogP contribution in [0.25, 0.3) is 0 Å². The third-order valence-electron chi connectivity index (χ3n) is 3.10. The van der Waals surface area contributed by atoms with Crippen LogP contribution in [0.3, 0.4) is 0 Å². The molecule has 6 heteroatoms. The number of thiazole rings is 1. The van der Waals surface area contributed by atoms with E-state index in [1.165, 1.54) is 11.3 Å². The first kappa shape index (κ1) is 15.2. The minimum Gasteiger partial charge on any atom is -0.318 e. The molecule has 2 amide bonds. The molecule has 0 saturated heterocycles. The summed E-state index contributed by atoms with van der Waals surface area (Å²) in [5.41, 5.74) is 3.41. The van der Waals surface area contributed by atoms with Crippen LogP contribution in [-0.2, 0) is 9.59 Å². The van der Waals surface area contributed by atoms with Gasteiger partial charge in [-0.05, 0) is 44.9 Å². The second-order valence-corrected chi connectivity index (χ2v) is 6.09. The molecule has 0 aliphatic rings. The highest BCUT2D eigenvalue weighted by Crippen LogP contribution is 2.21. The molecule has 110 valence electrons. The molecule has 1 aromatic carbocycles. The van der Waals surface area contributed by atoms with E-state index in [0.717, 1.165) is 21.7 Å². The number of amides is 2. The molecule has 0 spiro atoms. The normalized spacial score (nSPS) is 10.3. The summed E-state index contributed by atoms with van der Waals surface area (Å²) < 4.78 is 0. The molecule has 1 heterocycles. The predicted octanol–water partition coefficient (Wildman–Crippen LogP) is 2.95. The average molecular weight is 303 g/mol. The molecule has 1 aromatic heterocycles. The molecule has 0 aliphatic carbocycles. The number of rotatable bonds is 2. The summed E-state index contributed by atoms with van der Waals surface area (Å²) in [6, 6.07) is 5.68. The average Bonchev–Trinajstić information content (AvgIpc) is 2.72. The van der Waals surface area contributed by atoms with Crippen molar-refractivity contribution < 1.29 is 9.59 Å². The highest BCUT2D eigenvalue weighted by atomic mass is 32.1. The van der Waals surface area contributed by atoms with E-state index in [1.54, 1.807) is 0 Å². The monoisotopic (exact) mass is 303 g/mol. The molecular weight excluding hydrogens is 286 g/mol. The Morgan fingerprint density at radius 2 is 1.71 bits per heavy atom. The van der Waals surface area contributed by atoms with Crippen LogP contribution >= 0.6 is 11.3 Å². The number of hydrogen-bond donors (Lipinski definition) is 2. The maximum absolute atomic E-state index is 11.9. The fourth-order valence-corrected chi connectivity index (χ4v) is 2.54. The van der Waals surface area contributed by atoms with E-state index in [0.29, 0.717) is 10.8 Å². The Morgan fingerprint density at radius 1 is 1.05 bits per heavy atom. The molecule has 0 saturated carbocycles. The Kier molecular flexibility index (Phi) is 4.37. The molecular formula is C15H17N3O2S. The molecule has 5 nitrogen and oxygen atoms in total. The predicted molar refractivity (Wildman–Crippen MR) is 84.8 cm³/mol. The van der Waals surface area contributed by atoms with Gasteiger partial charge in [0, 0.05) is 10.6 Å². The molecule has 0 fully saturated rings. The number of carbonyl (C=O) groups is 2. The van der Waals surface area contributed by atoms with Gasteiger partial charge in [0.25, 0.3) is 0 Å². The van der Waals surface area contributed by atoms with Gasteiger partial charge in [-0.3, -0.25) is 14.9 Å². The molecule has 0 bridgehead atoms. The molecule has 2 rings (SSSR count). The summed E-state index contributed by atoms with van der Waals surface area (Å²) in [6.45, 7) is 7.58. The summed E-state index contributed by atoms with van der Waals surface area (Å²) in [5, 5.41) is 5.57. The number of aromatic nitrogens is 1. The van der Waals surface area contributed by atoms with Crippen molar-refractivity contribution >= 4 is 34.0 Å². The number of carbonyl (C=O) groups excluding carboxylic acids is 2. The van der Waals surface area contributed by atoms with Crippen LogP contribution < -0.4 is 10.6 Å². The Bertz CT molecular complexity index is 687. The number of nitrogens with one attached hydrogen (secondary N) is 2. The van der Waals surface area contributed by atoms with Gasteiger partial charge in [0.2, 0.25) is 0 Å². The third kappa shape index (κ3) is 3.66. The quantitative estimate of drug-likeness (QED) is 0.838. The molecule has 0 radical (unpaired) electrons. The van der Waals surface area contributed by atoms with Crippen LogP contribution in [0.5, 0.6) is 0 Å². The molecule has 0 atom stereocenters. The fourth-order valence-electron chi connectivity index (χ4n) is 1.73. The lowest BCUT2D eigenvalue weighted by atomic mass is 10.1. The molecule has 2 N–H and O–H groups in total. The van der Waals surface area contributed by atoms with E-state index in [-0.39, 0.29) is 0 Å². The van der Waals surface area contributed by atoms with Crippen LogP contribution in [0.4, 0.5) is 10.8 Å². The summed E-state index contributed by atoms with van der Waals surface area (Å²) in [4.78, 5) is 29.0. The van der Waals surface area contributed by atoms with Crippen molar-refractivity contribution in [2.45, 2.75) is 27.7 Å². The second-order valence-electron chi connectivity index (χ2n) is 4.89. The van der Waals surface area contributed by atoms with E-state index in [1.807, 2.05) is 45.9 Å². The highest BCUT2D eigenvalue weighted by Gasteiger charge is 2.17. The van der Waals surface area contributed by atoms with Crippen LogP contribution in [-0.4, -0.2) is 16.8 Å². The van der Waals surface area contributed by atoms with Crippen LogP contribution in [0.15, 0.2) is 18.2 Å². The Labute approximate surface area is 127 Å². The first-order valence-corrected chi connectivity index (χ1v) is 7.32. The van der Waals surface area contributed by atoms with Gasteiger partial charge in [-0.25, -0.2) is 4.98 Å². The molecule has 21 heavy (non-hydrogen) atoms. The maximum Gasteiger partial charge on any atom is 0.315 e. The first-order chi connectivity index (χ1) is 9.86. The number of benzene rings is 1. The Balaban J connectivity index is 2.06. The lowest BCUT2D eigenvalue weighted by molar-refractivity contribution is -0.133. The number of anilines is 2. The van der Waals surface area contributed by atoms with Gasteiger partial charge in [0.1, 0.15) is 0 Å². The summed E-state index contributed by atoms with van der Waals surface area (Å²) in [7, 11) is 0. The van der Waals surface area contributed by atoms with Crippen molar-refractivity contribution in [3.05, 3.63) is 39.9 Å². The first-order valence-electron chi connectivity index (χ1n) is 6.50. The van der Waals surface area contributed by atoms with E-state index in [4.69, 9.17) is 0 Å². The van der Waals surface area contributed by atoms with Crippen molar-refractivity contribution in [2.24, 2.45) is 0 Å². The van der Waals surface area contributed by atoms with E-state index in [9.17, 15) is 9.59 Å². The summed E-state index contributed by atoms with van der Waals surface area (Å²) in [5.74, 6) is -1.42. The van der Waals surface area contributed by atoms with Crippen molar-refractivity contribution in [3.63, 3.8) is 0 Å². The number of hydrogen-bond acceptors (Lipinski definition) is 4. The van der Waals surface area contributed by atoms with Crippen molar-refractivity contribution in [3.8, 4) is 0 Å². The summed E-state index contributed by atoms with van der Waals surface area (Å²) in [6.07, 6.45) is 0. The largest absolute Gasteiger partial charge is 0.318 e. The Morgan fingerprint density at radius 3 is 2.33 bits per heavy atom. The minimum absolute atomic E-state index is 0.436. The van der Waals surface area contributed by atoms with Gasteiger partial charge in [-0.1, -0.05) is 12.1 Å². The van der Waals surface area contributed by atoms with Gasteiger partial charge in [0.05, 0.1) is 5.69 Å². The Hall–Kier alpha value is -2.21. The maximum atomic E-state index is 11.9. The molecule has 2 aromatic rings. The molecule has 0 unspecified atom stereocenters. The van der Waals surface area contributed by atoms with Crippen molar-refractivity contribution in [1.82, 2.24) is 4.98 Å². The topological polar surface area (TPSA) is 71.1 Å². The van der Waals surface area contributed by atoms with Gasteiger partial charge in [-0.2, -0.15) is 0 Å². The second kappa shape index (κ2) is 6.05. The zero-order valence-corrected chi connectivity index (χ0v) is 13.2. The lowest BCUT2D eigenvalue weighted by Gasteiger charge is -2.08. The zero-order valence-electron chi connectivity index (χ0n) is 12.4. The third-order valence-corrected chi connectivity index (χ3v) is 4.08. The van der Waals surface area contributed by atoms with Gasteiger partial charge in [-0.15, -0.1) is 11.3 Å². The van der Waals surface area contributed by atoms with E-state index < -0.39 is 11.8 Å². The van der Waals surface area contributed by atoms with Crippen LogP contribution in [0.1, 0.15) is 21.7 Å². The number of nitrogens with zero attached hydrogens (tertiary/aromatic N) is 1. The SMILES string of the molecule is Cc1ccc(C)c(NC(=O)C(=O)Nc2nc(C)c(C)s2)c1. The zero-order chi connectivity index (χ0) is 15.6. The van der Waals surface area contributed by atoms with Crippen molar-refractivity contribution in [2.75, 3.05) is 10.6 Å². The van der Waals surface area contributed by atoms with Crippen molar-refractivity contribution in [1.29, 1.82) is 0 Å². The fraction of sp³-hybridized carbons (Fsp3) is 0.267. The molecule has 0 aliphatic heterocycles. The van der Waals surface area contributed by atoms with Crippen LogP contribution in [0, 0.1) is 27.7 Å². The van der Waals surface area contributed by atoms with Crippen LogP contribution in [0.2, 0.25) is 0 Å². The smallest absolute Gasteiger partial charge is 0.315 e. The standard InChI is InChI=1S/C15H17N3O2S/c1-8-5-6-9(2)12(7-8)17-13(19)14(20)18-15-16-10(3)11(4)21-15/h5-7H,1-4H3,(H,17,19)(H,16,18,20). The minimum atomic E-state index is -0.718. The van der Waals surface area contributed by atoms with Gasteiger partial charge in [0.15, 0.2) is 5.13 Å². The van der Waals surface area contributed by atoms with E-state index >= 15 is 0 Å². The summed E-state index contributed by atoms with van der Waals surface area (Å²) >= 11 is 1.35.